The normalized spacial score (nSPS) is 15.7. The zero-order valence-electron chi connectivity index (χ0n) is 19.1. The first kappa shape index (κ1) is 26.9. The Kier molecular flexibility index (Phi) is 9.41. The molecule has 0 saturated carbocycles. The molecule has 0 amide bonds. The highest BCUT2D eigenvalue weighted by atomic mass is 79.9. The van der Waals surface area contributed by atoms with Gasteiger partial charge in [0.2, 0.25) is 11.9 Å². The van der Waals surface area contributed by atoms with Crippen molar-refractivity contribution < 1.29 is 36.5 Å². The Hall–Kier alpha value is -3.10. The topological polar surface area (TPSA) is 83.4 Å². The minimum atomic E-state index is -0.636. The number of aromatic amines is 1. The van der Waals surface area contributed by atoms with Crippen LogP contribution in [0.25, 0.3) is 5.69 Å². The standard InChI is InChI=1S/C12H10F2N2O2.C9H8BrFO2.C3H3FN2/c13-8-1-2-10(16-4-3-11(14)15-16)9(7-8)12-17-5-6-18-12;10-8-2-1-6(11)5-7(8)9-12-3-4-13-9;4-3-1-2-5-6-3/h1-4,7,12H,5-6H2;1-2,5,9H,3-4H2;1-2H,(H,5,6). The van der Waals surface area contributed by atoms with E-state index in [2.05, 4.69) is 31.2 Å². The molecule has 0 unspecified atom stereocenters. The highest BCUT2D eigenvalue weighted by molar-refractivity contribution is 9.10. The predicted octanol–water partition coefficient (Wildman–Crippen LogP) is 5.38. The minimum Gasteiger partial charge on any atom is -0.346 e. The van der Waals surface area contributed by atoms with E-state index in [1.165, 1.54) is 59.5 Å². The third-order valence-electron chi connectivity index (χ3n) is 4.97. The average molecular weight is 585 g/mol. The Bertz CT molecular complexity index is 1280. The number of benzene rings is 2. The summed E-state index contributed by atoms with van der Waals surface area (Å²) in [6.07, 6.45) is 1.75. The number of hydrogen-bond donors (Lipinski definition) is 1. The summed E-state index contributed by atoms with van der Waals surface area (Å²) < 4.78 is 74.0. The third-order valence-corrected chi connectivity index (χ3v) is 5.69. The highest BCUT2D eigenvalue weighted by Gasteiger charge is 2.23. The Morgan fingerprint density at radius 3 is 1.89 bits per heavy atom. The van der Waals surface area contributed by atoms with Gasteiger partial charge in [-0.25, -0.2) is 13.5 Å². The van der Waals surface area contributed by atoms with Gasteiger partial charge >= 0.3 is 0 Å². The Morgan fingerprint density at radius 2 is 1.38 bits per heavy atom. The molecule has 13 heteroatoms. The second-order valence-electron chi connectivity index (χ2n) is 7.50. The van der Waals surface area contributed by atoms with Crippen molar-refractivity contribution in [3.63, 3.8) is 0 Å². The van der Waals surface area contributed by atoms with Crippen molar-refractivity contribution in [1.29, 1.82) is 0 Å². The highest BCUT2D eigenvalue weighted by Crippen LogP contribution is 2.30. The molecule has 0 spiro atoms. The van der Waals surface area contributed by atoms with Gasteiger partial charge < -0.3 is 18.9 Å². The van der Waals surface area contributed by atoms with Gasteiger partial charge in [0.15, 0.2) is 12.6 Å². The first-order chi connectivity index (χ1) is 17.9. The fourth-order valence-electron chi connectivity index (χ4n) is 3.37. The average Bonchev–Trinajstić information content (AvgIpc) is 3.70. The molecule has 4 heterocycles. The summed E-state index contributed by atoms with van der Waals surface area (Å²) in [6.45, 7) is 2.03. The van der Waals surface area contributed by atoms with Crippen LogP contribution >= 0.6 is 15.9 Å². The Balaban J connectivity index is 0.000000146. The lowest BCUT2D eigenvalue weighted by Gasteiger charge is -2.14. The molecular weight excluding hydrogens is 564 g/mol. The molecule has 0 bridgehead atoms. The van der Waals surface area contributed by atoms with E-state index >= 15 is 0 Å². The Labute approximate surface area is 217 Å². The summed E-state index contributed by atoms with van der Waals surface area (Å²) in [5.74, 6) is -1.67. The Morgan fingerprint density at radius 1 is 0.784 bits per heavy atom. The van der Waals surface area contributed by atoms with Crippen molar-refractivity contribution in [1.82, 2.24) is 20.0 Å². The van der Waals surface area contributed by atoms with Crippen LogP contribution in [-0.4, -0.2) is 46.4 Å². The lowest BCUT2D eigenvalue weighted by Crippen LogP contribution is -2.07. The number of ether oxygens (including phenoxy) is 4. The van der Waals surface area contributed by atoms with Crippen LogP contribution in [0.4, 0.5) is 17.6 Å². The van der Waals surface area contributed by atoms with Crippen LogP contribution in [0.1, 0.15) is 23.7 Å². The summed E-state index contributed by atoms with van der Waals surface area (Å²) in [4.78, 5) is 0. The molecular formula is C24H21BrF4N4O4. The van der Waals surface area contributed by atoms with Crippen molar-refractivity contribution in [2.45, 2.75) is 12.6 Å². The van der Waals surface area contributed by atoms with E-state index in [0.717, 1.165) is 4.47 Å². The van der Waals surface area contributed by atoms with Crippen LogP contribution in [0.5, 0.6) is 0 Å². The van der Waals surface area contributed by atoms with Gasteiger partial charge in [0.05, 0.1) is 38.3 Å². The molecule has 8 nitrogen and oxygen atoms in total. The number of rotatable bonds is 3. The van der Waals surface area contributed by atoms with Crippen LogP contribution in [0.15, 0.2) is 65.4 Å². The number of halogens is 5. The van der Waals surface area contributed by atoms with Gasteiger partial charge in [0.25, 0.3) is 0 Å². The van der Waals surface area contributed by atoms with Crippen molar-refractivity contribution in [2.75, 3.05) is 26.4 Å². The number of nitrogens with one attached hydrogen (secondary N) is 1. The van der Waals surface area contributed by atoms with Crippen LogP contribution in [0, 0.1) is 23.5 Å². The molecule has 4 aromatic rings. The molecule has 6 rings (SSSR count). The van der Waals surface area contributed by atoms with Crippen LogP contribution in [-0.2, 0) is 18.9 Å². The van der Waals surface area contributed by atoms with E-state index in [-0.39, 0.29) is 5.82 Å². The molecule has 2 aliphatic rings. The summed E-state index contributed by atoms with van der Waals surface area (Å²) >= 11 is 3.31. The molecule has 2 aliphatic heterocycles. The largest absolute Gasteiger partial charge is 0.346 e. The predicted molar refractivity (Wildman–Crippen MR) is 125 cm³/mol. The molecule has 1 N–H and O–H groups in total. The second kappa shape index (κ2) is 12.9. The molecule has 37 heavy (non-hydrogen) atoms. The fraction of sp³-hybridized carbons (Fsp3) is 0.250. The third kappa shape index (κ3) is 7.46. The van der Waals surface area contributed by atoms with E-state index in [1.54, 1.807) is 6.07 Å². The summed E-state index contributed by atoms with van der Waals surface area (Å²) in [5.41, 5.74) is 1.74. The van der Waals surface area contributed by atoms with Crippen molar-refractivity contribution in [3.8, 4) is 5.69 Å². The van der Waals surface area contributed by atoms with E-state index in [9.17, 15) is 17.6 Å². The van der Waals surface area contributed by atoms with Gasteiger partial charge in [-0.1, -0.05) is 15.9 Å². The van der Waals surface area contributed by atoms with Gasteiger partial charge in [-0.3, -0.25) is 5.10 Å². The second-order valence-corrected chi connectivity index (χ2v) is 8.36. The first-order valence-electron chi connectivity index (χ1n) is 11.0. The van der Waals surface area contributed by atoms with Gasteiger partial charge in [0.1, 0.15) is 11.6 Å². The lowest BCUT2D eigenvalue weighted by molar-refractivity contribution is -0.0448. The van der Waals surface area contributed by atoms with Gasteiger partial charge in [-0.05, 0) is 36.4 Å². The fourth-order valence-corrected chi connectivity index (χ4v) is 3.80. The van der Waals surface area contributed by atoms with E-state index in [4.69, 9.17) is 18.9 Å². The number of H-pyrrole nitrogens is 1. The summed E-state index contributed by atoms with van der Waals surface area (Å²) in [7, 11) is 0. The lowest BCUT2D eigenvalue weighted by atomic mass is 10.1. The first-order valence-corrected chi connectivity index (χ1v) is 11.8. The molecule has 2 aromatic heterocycles. The van der Waals surface area contributed by atoms with E-state index < -0.39 is 30.3 Å². The zero-order chi connectivity index (χ0) is 26.2. The molecule has 2 saturated heterocycles. The molecule has 2 aromatic carbocycles. The molecule has 0 aliphatic carbocycles. The maximum atomic E-state index is 13.3. The van der Waals surface area contributed by atoms with E-state index in [1.807, 2.05) is 0 Å². The van der Waals surface area contributed by atoms with E-state index in [0.29, 0.717) is 43.2 Å². The smallest absolute Gasteiger partial charge is 0.233 e. The van der Waals surface area contributed by atoms with Crippen molar-refractivity contribution >= 4 is 15.9 Å². The molecule has 196 valence electrons. The maximum absolute atomic E-state index is 13.3. The monoisotopic (exact) mass is 584 g/mol. The van der Waals surface area contributed by atoms with Crippen LogP contribution in [0.2, 0.25) is 0 Å². The van der Waals surface area contributed by atoms with Crippen molar-refractivity contribution in [3.05, 3.63) is 100 Å². The van der Waals surface area contributed by atoms with Crippen molar-refractivity contribution in [2.24, 2.45) is 0 Å². The quantitative estimate of drug-likeness (QED) is 0.326. The number of hydrogen-bond acceptors (Lipinski definition) is 6. The van der Waals surface area contributed by atoms with Gasteiger partial charge in [-0.2, -0.15) is 13.9 Å². The van der Waals surface area contributed by atoms with Gasteiger partial charge in [0, 0.05) is 33.9 Å². The molecule has 0 radical (unpaired) electrons. The molecule has 0 atom stereocenters. The summed E-state index contributed by atoms with van der Waals surface area (Å²) in [6, 6.07) is 11.0. The van der Waals surface area contributed by atoms with Crippen LogP contribution in [0.3, 0.4) is 0 Å². The number of aromatic nitrogens is 4. The number of nitrogens with zero attached hydrogens (tertiary/aromatic N) is 3. The zero-order valence-corrected chi connectivity index (χ0v) is 20.7. The minimum absolute atomic E-state index is 0.280. The maximum Gasteiger partial charge on any atom is 0.233 e. The summed E-state index contributed by atoms with van der Waals surface area (Å²) in [5, 5.41) is 9.06. The van der Waals surface area contributed by atoms with Crippen LogP contribution < -0.4 is 0 Å². The molecule has 2 fully saturated rings. The SMILES string of the molecule is Fc1ccc(-n2ccc(F)n2)c(C2OCCO2)c1.Fc1ccc(Br)c(C2OCCO2)c1.Fc1ccn[nH]1. The van der Waals surface area contributed by atoms with Gasteiger partial charge in [-0.15, -0.1) is 5.10 Å².